The van der Waals surface area contributed by atoms with Crippen LogP contribution < -0.4 is 5.73 Å². The molecule has 1 fully saturated rings. The van der Waals surface area contributed by atoms with Gasteiger partial charge in [-0.15, -0.1) is 0 Å². The standard InChI is InChI=1S/C18H22N4O2/c19-17-5-2-4-15(21-17)16-13-22(11-12-24-16)18(23)6-1-3-14-7-9-20-10-8-14/h2,4-5,7-10,16H,1,3,6,11-13H2,(H2,19,21)/t16-/m1/s1. The van der Waals surface area contributed by atoms with E-state index in [1.807, 2.05) is 29.2 Å². The molecule has 1 aliphatic rings. The molecule has 0 bridgehead atoms. The molecule has 0 radical (unpaired) electrons. The van der Waals surface area contributed by atoms with Gasteiger partial charge in [-0.25, -0.2) is 4.98 Å². The van der Waals surface area contributed by atoms with Crippen LogP contribution in [0.5, 0.6) is 0 Å². The topological polar surface area (TPSA) is 81.3 Å². The van der Waals surface area contributed by atoms with E-state index in [9.17, 15) is 4.79 Å². The predicted molar refractivity (Wildman–Crippen MR) is 91.1 cm³/mol. The molecule has 2 aromatic heterocycles. The summed E-state index contributed by atoms with van der Waals surface area (Å²) in [4.78, 5) is 22.6. The highest BCUT2D eigenvalue weighted by molar-refractivity contribution is 5.76. The molecule has 2 aromatic rings. The number of aromatic nitrogens is 2. The Hall–Kier alpha value is -2.47. The van der Waals surface area contributed by atoms with E-state index in [0.29, 0.717) is 31.9 Å². The zero-order chi connectivity index (χ0) is 16.8. The summed E-state index contributed by atoms with van der Waals surface area (Å²) in [5, 5.41) is 0. The summed E-state index contributed by atoms with van der Waals surface area (Å²) >= 11 is 0. The van der Waals surface area contributed by atoms with Crippen LogP contribution in [0.1, 0.15) is 30.2 Å². The Bertz CT molecular complexity index is 678. The monoisotopic (exact) mass is 326 g/mol. The minimum absolute atomic E-state index is 0.168. The van der Waals surface area contributed by atoms with Gasteiger partial charge in [0.2, 0.25) is 5.91 Å². The van der Waals surface area contributed by atoms with Gasteiger partial charge in [0.25, 0.3) is 0 Å². The first kappa shape index (κ1) is 16.4. The lowest BCUT2D eigenvalue weighted by molar-refractivity contribution is -0.139. The number of nitrogens with zero attached hydrogens (tertiary/aromatic N) is 3. The van der Waals surface area contributed by atoms with E-state index in [1.54, 1.807) is 18.5 Å². The van der Waals surface area contributed by atoms with Crippen molar-refractivity contribution in [3.05, 3.63) is 54.0 Å². The highest BCUT2D eigenvalue weighted by Crippen LogP contribution is 2.22. The van der Waals surface area contributed by atoms with E-state index in [4.69, 9.17) is 10.5 Å². The van der Waals surface area contributed by atoms with Crippen molar-refractivity contribution in [1.82, 2.24) is 14.9 Å². The van der Waals surface area contributed by atoms with Crippen molar-refractivity contribution in [2.75, 3.05) is 25.4 Å². The molecular formula is C18H22N4O2. The van der Waals surface area contributed by atoms with Crippen molar-refractivity contribution in [3.63, 3.8) is 0 Å². The summed E-state index contributed by atoms with van der Waals surface area (Å²) in [7, 11) is 0. The number of rotatable bonds is 5. The quantitative estimate of drug-likeness (QED) is 0.908. The van der Waals surface area contributed by atoms with Crippen molar-refractivity contribution < 1.29 is 9.53 Å². The molecule has 3 heterocycles. The van der Waals surface area contributed by atoms with Crippen molar-refractivity contribution >= 4 is 11.7 Å². The summed E-state index contributed by atoms with van der Waals surface area (Å²) in [5.74, 6) is 0.637. The molecule has 1 saturated heterocycles. The van der Waals surface area contributed by atoms with Gasteiger partial charge in [0.1, 0.15) is 11.9 Å². The molecule has 0 aromatic carbocycles. The SMILES string of the molecule is Nc1cccc([C@H]2CN(C(=O)CCCc3ccncc3)CCO2)n1. The second-order valence-corrected chi connectivity index (χ2v) is 5.90. The second-order valence-electron chi connectivity index (χ2n) is 5.90. The first-order valence-electron chi connectivity index (χ1n) is 8.23. The van der Waals surface area contributed by atoms with Crippen molar-refractivity contribution in [3.8, 4) is 0 Å². The van der Waals surface area contributed by atoms with E-state index >= 15 is 0 Å². The molecular weight excluding hydrogens is 304 g/mol. The van der Waals surface area contributed by atoms with Crippen molar-refractivity contribution in [1.29, 1.82) is 0 Å². The van der Waals surface area contributed by atoms with Gasteiger partial charge in [0.05, 0.1) is 18.8 Å². The van der Waals surface area contributed by atoms with Gasteiger partial charge in [-0.05, 0) is 42.7 Å². The number of pyridine rings is 2. The Morgan fingerprint density at radius 1 is 1.29 bits per heavy atom. The number of carbonyl (C=O) groups is 1. The van der Waals surface area contributed by atoms with Crippen LogP contribution in [-0.4, -0.2) is 40.5 Å². The maximum Gasteiger partial charge on any atom is 0.222 e. The Balaban J connectivity index is 1.51. The third-order valence-corrected chi connectivity index (χ3v) is 4.15. The van der Waals surface area contributed by atoms with E-state index in [1.165, 1.54) is 5.56 Å². The van der Waals surface area contributed by atoms with Gasteiger partial charge < -0.3 is 15.4 Å². The third kappa shape index (κ3) is 4.29. The van der Waals surface area contributed by atoms with Crippen LogP contribution in [0.25, 0.3) is 0 Å². The van der Waals surface area contributed by atoms with E-state index in [-0.39, 0.29) is 12.0 Å². The molecule has 1 aliphatic heterocycles. The largest absolute Gasteiger partial charge is 0.384 e. The number of nitrogens with two attached hydrogens (primary N) is 1. The first-order chi connectivity index (χ1) is 11.7. The number of nitrogen functional groups attached to an aromatic ring is 1. The fraction of sp³-hybridized carbons (Fsp3) is 0.389. The molecule has 2 N–H and O–H groups in total. The predicted octanol–water partition coefficient (Wildman–Crippen LogP) is 1.98. The Morgan fingerprint density at radius 3 is 2.92 bits per heavy atom. The molecule has 1 atom stereocenters. The molecule has 0 aliphatic carbocycles. The van der Waals surface area contributed by atoms with Crippen LogP contribution in [0.15, 0.2) is 42.7 Å². The Morgan fingerprint density at radius 2 is 2.12 bits per heavy atom. The van der Waals surface area contributed by atoms with Crippen molar-refractivity contribution in [2.24, 2.45) is 0 Å². The number of amides is 1. The van der Waals surface area contributed by atoms with E-state index < -0.39 is 0 Å². The second kappa shape index (κ2) is 7.88. The fourth-order valence-electron chi connectivity index (χ4n) is 2.85. The minimum atomic E-state index is -0.202. The van der Waals surface area contributed by atoms with Gasteiger partial charge in [-0.2, -0.15) is 0 Å². The van der Waals surface area contributed by atoms with E-state index in [2.05, 4.69) is 9.97 Å². The zero-order valence-electron chi connectivity index (χ0n) is 13.6. The maximum atomic E-state index is 12.4. The van der Waals surface area contributed by atoms with Gasteiger partial charge in [0, 0.05) is 25.4 Å². The zero-order valence-corrected chi connectivity index (χ0v) is 13.6. The molecule has 3 rings (SSSR count). The maximum absolute atomic E-state index is 12.4. The molecule has 1 amide bonds. The molecule has 6 nitrogen and oxygen atoms in total. The summed E-state index contributed by atoms with van der Waals surface area (Å²) in [6.45, 7) is 1.69. The van der Waals surface area contributed by atoms with Crippen LogP contribution in [-0.2, 0) is 16.0 Å². The highest BCUT2D eigenvalue weighted by atomic mass is 16.5. The summed E-state index contributed by atoms with van der Waals surface area (Å²) in [5.41, 5.74) is 7.72. The highest BCUT2D eigenvalue weighted by Gasteiger charge is 2.25. The number of hydrogen-bond donors (Lipinski definition) is 1. The number of aryl methyl sites for hydroxylation is 1. The van der Waals surface area contributed by atoms with Gasteiger partial charge in [0.15, 0.2) is 0 Å². The van der Waals surface area contributed by atoms with Gasteiger partial charge in [-0.3, -0.25) is 9.78 Å². The average molecular weight is 326 g/mol. The molecule has 0 saturated carbocycles. The first-order valence-corrected chi connectivity index (χ1v) is 8.23. The molecule has 6 heteroatoms. The van der Waals surface area contributed by atoms with Crippen LogP contribution in [0.3, 0.4) is 0 Å². The lowest BCUT2D eigenvalue weighted by Gasteiger charge is -2.32. The number of hydrogen-bond acceptors (Lipinski definition) is 5. The third-order valence-electron chi connectivity index (χ3n) is 4.15. The molecule has 0 spiro atoms. The van der Waals surface area contributed by atoms with Crippen LogP contribution >= 0.6 is 0 Å². The fourth-order valence-corrected chi connectivity index (χ4v) is 2.85. The van der Waals surface area contributed by atoms with Gasteiger partial charge in [-0.1, -0.05) is 6.07 Å². The smallest absolute Gasteiger partial charge is 0.222 e. The van der Waals surface area contributed by atoms with Crippen LogP contribution in [0.4, 0.5) is 5.82 Å². The number of carbonyl (C=O) groups excluding carboxylic acids is 1. The minimum Gasteiger partial charge on any atom is -0.384 e. The average Bonchev–Trinajstić information content (AvgIpc) is 2.63. The number of ether oxygens (including phenoxy) is 1. The summed E-state index contributed by atoms with van der Waals surface area (Å²) in [6, 6.07) is 9.46. The van der Waals surface area contributed by atoms with Crippen LogP contribution in [0, 0.1) is 0 Å². The number of anilines is 1. The lowest BCUT2D eigenvalue weighted by atomic mass is 10.1. The molecule has 126 valence electrons. The van der Waals surface area contributed by atoms with Crippen LogP contribution in [0.2, 0.25) is 0 Å². The molecule has 0 unspecified atom stereocenters. The van der Waals surface area contributed by atoms with Gasteiger partial charge >= 0.3 is 0 Å². The lowest BCUT2D eigenvalue weighted by Crippen LogP contribution is -2.42. The summed E-state index contributed by atoms with van der Waals surface area (Å²) < 4.78 is 5.75. The van der Waals surface area contributed by atoms with Crippen molar-refractivity contribution in [2.45, 2.75) is 25.4 Å². The summed E-state index contributed by atoms with van der Waals surface area (Å²) in [6.07, 6.45) is 5.62. The molecule has 24 heavy (non-hydrogen) atoms. The number of morpholine rings is 1. The normalized spacial score (nSPS) is 17.7. The Kier molecular flexibility index (Phi) is 5.38. The van der Waals surface area contributed by atoms with E-state index in [0.717, 1.165) is 18.5 Å². The Labute approximate surface area is 141 Å².